The number of carbonyl (C=O) groups excluding carboxylic acids is 1. The molecule has 1 unspecified atom stereocenters. The molecule has 186 valence electrons. The van der Waals surface area contributed by atoms with Gasteiger partial charge in [-0.1, -0.05) is 30.3 Å². The summed E-state index contributed by atoms with van der Waals surface area (Å²) < 4.78 is 86.4. The number of nitrogens with one attached hydrogen (secondary N) is 2. The van der Waals surface area contributed by atoms with E-state index in [9.17, 15) is 31.1 Å². The quantitative estimate of drug-likeness (QED) is 0.525. The van der Waals surface area contributed by atoms with E-state index in [1.807, 2.05) is 30.3 Å². The van der Waals surface area contributed by atoms with Gasteiger partial charge in [-0.2, -0.15) is 26.3 Å². The van der Waals surface area contributed by atoms with E-state index in [4.69, 9.17) is 4.74 Å². The molecule has 2 aromatic rings. The first kappa shape index (κ1) is 26.0. The first-order chi connectivity index (χ1) is 15.9. The van der Waals surface area contributed by atoms with Crippen LogP contribution in [0.5, 0.6) is 0 Å². The van der Waals surface area contributed by atoms with Crippen LogP contribution < -0.4 is 10.6 Å². The van der Waals surface area contributed by atoms with Gasteiger partial charge in [0.05, 0.1) is 23.8 Å². The van der Waals surface area contributed by atoms with Gasteiger partial charge in [-0.25, -0.2) is 0 Å². The van der Waals surface area contributed by atoms with Crippen molar-refractivity contribution in [1.82, 2.24) is 10.6 Å². The van der Waals surface area contributed by atoms with E-state index in [0.29, 0.717) is 38.1 Å². The van der Waals surface area contributed by atoms with Crippen molar-refractivity contribution in [2.75, 3.05) is 26.2 Å². The molecule has 4 nitrogen and oxygen atoms in total. The third-order valence-corrected chi connectivity index (χ3v) is 6.03. The zero-order chi connectivity index (χ0) is 25.0. The molecular formula is C24H26F6N2O2. The molecule has 0 spiro atoms. The SMILES string of the molecule is CC(=O)NCC(OCC1(c2ccccc2)CCNCC1)c1cc(C(F)(F)F)cc(C(F)(F)F)c1. The Kier molecular flexibility index (Phi) is 7.92. The van der Waals surface area contributed by atoms with Crippen LogP contribution in [-0.2, 0) is 27.3 Å². The lowest BCUT2D eigenvalue weighted by Gasteiger charge is -2.39. The summed E-state index contributed by atoms with van der Waals surface area (Å²) in [5.74, 6) is -0.476. The van der Waals surface area contributed by atoms with Gasteiger partial charge in [0.15, 0.2) is 0 Å². The molecule has 2 N–H and O–H groups in total. The van der Waals surface area contributed by atoms with Gasteiger partial charge < -0.3 is 15.4 Å². The van der Waals surface area contributed by atoms with Gasteiger partial charge in [-0.05, 0) is 55.3 Å². The zero-order valence-electron chi connectivity index (χ0n) is 18.5. The fourth-order valence-corrected chi connectivity index (χ4v) is 4.15. The molecule has 10 heteroatoms. The molecule has 2 aromatic carbocycles. The molecule has 1 saturated heterocycles. The van der Waals surface area contributed by atoms with Crippen LogP contribution in [0.3, 0.4) is 0 Å². The molecule has 34 heavy (non-hydrogen) atoms. The van der Waals surface area contributed by atoms with E-state index in [1.165, 1.54) is 6.92 Å². The molecular weight excluding hydrogens is 462 g/mol. The maximum Gasteiger partial charge on any atom is 0.416 e. The minimum atomic E-state index is -4.98. The lowest BCUT2D eigenvalue weighted by Crippen LogP contribution is -2.44. The van der Waals surface area contributed by atoms with Crippen molar-refractivity contribution in [3.05, 3.63) is 70.8 Å². The zero-order valence-corrected chi connectivity index (χ0v) is 18.5. The lowest BCUT2D eigenvalue weighted by molar-refractivity contribution is -0.143. The maximum atomic E-state index is 13.4. The van der Waals surface area contributed by atoms with Crippen LogP contribution >= 0.6 is 0 Å². The second-order valence-corrected chi connectivity index (χ2v) is 8.47. The van der Waals surface area contributed by atoms with Crippen molar-refractivity contribution in [3.8, 4) is 0 Å². The molecule has 0 radical (unpaired) electrons. The first-order valence-electron chi connectivity index (χ1n) is 10.8. The van der Waals surface area contributed by atoms with Gasteiger partial charge in [0.2, 0.25) is 5.91 Å². The highest BCUT2D eigenvalue weighted by molar-refractivity contribution is 5.72. The summed E-state index contributed by atoms with van der Waals surface area (Å²) in [7, 11) is 0. The van der Waals surface area contributed by atoms with Gasteiger partial charge >= 0.3 is 12.4 Å². The van der Waals surface area contributed by atoms with Crippen molar-refractivity contribution in [3.63, 3.8) is 0 Å². The van der Waals surface area contributed by atoms with Crippen molar-refractivity contribution in [2.45, 2.75) is 43.6 Å². The van der Waals surface area contributed by atoms with Gasteiger partial charge in [0, 0.05) is 18.9 Å². The highest BCUT2D eigenvalue weighted by Gasteiger charge is 2.39. The summed E-state index contributed by atoms with van der Waals surface area (Å²) in [6, 6.07) is 10.9. The number of amides is 1. The normalized spacial score (nSPS) is 17.3. The summed E-state index contributed by atoms with van der Waals surface area (Å²) in [4.78, 5) is 11.5. The number of ether oxygens (including phenoxy) is 1. The molecule has 1 aliphatic heterocycles. The van der Waals surface area contributed by atoms with Gasteiger partial charge in [0.25, 0.3) is 0 Å². The van der Waals surface area contributed by atoms with E-state index in [1.54, 1.807) is 0 Å². The third-order valence-electron chi connectivity index (χ3n) is 6.03. The van der Waals surface area contributed by atoms with Gasteiger partial charge in [-0.3, -0.25) is 4.79 Å². The minimum Gasteiger partial charge on any atom is -0.371 e. The average Bonchev–Trinajstić information content (AvgIpc) is 2.78. The number of halogens is 6. The number of carbonyl (C=O) groups is 1. The number of piperidine rings is 1. The minimum absolute atomic E-state index is 0.0700. The predicted molar refractivity (Wildman–Crippen MR) is 114 cm³/mol. The van der Waals surface area contributed by atoms with E-state index < -0.39 is 40.9 Å². The Hall–Kier alpha value is -2.59. The van der Waals surface area contributed by atoms with Crippen molar-refractivity contribution in [1.29, 1.82) is 0 Å². The number of benzene rings is 2. The number of hydrogen-bond acceptors (Lipinski definition) is 3. The Labute approximate surface area is 193 Å². The van der Waals surface area contributed by atoms with Crippen LogP contribution in [0.4, 0.5) is 26.3 Å². The summed E-state index contributed by atoms with van der Waals surface area (Å²) in [6.07, 6.45) is -9.80. The standard InChI is InChI=1S/C24H26F6N2O2/c1-16(33)32-14-21(17-11-19(23(25,26)27)13-20(12-17)24(28,29)30)34-15-22(7-9-31-10-8-22)18-5-3-2-4-6-18/h2-6,11-13,21,31H,7-10,14-15H2,1H3,(H,32,33). The monoisotopic (exact) mass is 488 g/mol. The third kappa shape index (κ3) is 6.50. The largest absolute Gasteiger partial charge is 0.416 e. The van der Waals surface area contributed by atoms with Gasteiger partial charge in [-0.15, -0.1) is 0 Å². The lowest BCUT2D eigenvalue weighted by atomic mass is 9.74. The molecule has 0 bridgehead atoms. The molecule has 0 saturated carbocycles. The van der Waals surface area contributed by atoms with Crippen LogP contribution in [0.1, 0.15) is 48.1 Å². The van der Waals surface area contributed by atoms with Crippen LogP contribution in [0, 0.1) is 0 Å². The fraction of sp³-hybridized carbons (Fsp3) is 0.458. The van der Waals surface area contributed by atoms with Crippen LogP contribution in [0.2, 0.25) is 0 Å². The van der Waals surface area contributed by atoms with E-state index in [2.05, 4.69) is 10.6 Å². The molecule has 1 fully saturated rings. The fourth-order valence-electron chi connectivity index (χ4n) is 4.15. The number of hydrogen-bond donors (Lipinski definition) is 2. The first-order valence-corrected chi connectivity index (χ1v) is 10.8. The maximum absolute atomic E-state index is 13.4. The van der Waals surface area contributed by atoms with E-state index in [0.717, 1.165) is 5.56 Å². The number of rotatable bonds is 7. The van der Waals surface area contributed by atoms with Gasteiger partial charge in [0.1, 0.15) is 0 Å². The number of alkyl halides is 6. The van der Waals surface area contributed by atoms with Crippen molar-refractivity contribution < 1.29 is 35.9 Å². The molecule has 1 amide bonds. The Morgan fingerprint density at radius 3 is 2.06 bits per heavy atom. The highest BCUT2D eigenvalue weighted by Crippen LogP contribution is 2.39. The van der Waals surface area contributed by atoms with Crippen LogP contribution in [-0.4, -0.2) is 32.1 Å². The second-order valence-electron chi connectivity index (χ2n) is 8.47. The van der Waals surface area contributed by atoms with Crippen LogP contribution in [0.15, 0.2) is 48.5 Å². The molecule has 1 heterocycles. The van der Waals surface area contributed by atoms with Crippen LogP contribution in [0.25, 0.3) is 0 Å². The summed E-state index contributed by atoms with van der Waals surface area (Å²) in [5.41, 5.74) is -2.63. The highest BCUT2D eigenvalue weighted by atomic mass is 19.4. The van der Waals surface area contributed by atoms with Crippen molar-refractivity contribution >= 4 is 5.91 Å². The Morgan fingerprint density at radius 2 is 1.56 bits per heavy atom. The topological polar surface area (TPSA) is 50.4 Å². The van der Waals surface area contributed by atoms with E-state index in [-0.39, 0.29) is 24.8 Å². The summed E-state index contributed by atoms with van der Waals surface area (Å²) in [5, 5.41) is 5.72. The Bertz CT molecular complexity index is 937. The molecule has 1 aliphatic rings. The summed E-state index contributed by atoms with van der Waals surface area (Å²) in [6.45, 7) is 2.40. The average molecular weight is 488 g/mol. The molecule has 0 aliphatic carbocycles. The molecule has 0 aromatic heterocycles. The van der Waals surface area contributed by atoms with Crippen molar-refractivity contribution in [2.24, 2.45) is 0 Å². The molecule has 3 rings (SSSR count). The Balaban J connectivity index is 1.98. The van der Waals surface area contributed by atoms with E-state index >= 15 is 0 Å². The Morgan fingerprint density at radius 1 is 1.00 bits per heavy atom. The molecule has 1 atom stereocenters. The predicted octanol–water partition coefficient (Wildman–Crippen LogP) is 5.24. The summed E-state index contributed by atoms with van der Waals surface area (Å²) >= 11 is 0. The second kappa shape index (κ2) is 10.4. The smallest absolute Gasteiger partial charge is 0.371 e.